The zero-order valence-electron chi connectivity index (χ0n) is 5.28. The molecule has 0 radical (unpaired) electrons. The van der Waals surface area contributed by atoms with Gasteiger partial charge in [0.25, 0.3) is 0 Å². The molecule has 1 heteroatoms. The van der Waals surface area contributed by atoms with Crippen LogP contribution in [-0.4, -0.2) is 11.3 Å². The molecule has 0 aromatic carbocycles. The van der Waals surface area contributed by atoms with Crippen molar-refractivity contribution in [2.75, 3.05) is 0 Å². The van der Waals surface area contributed by atoms with E-state index in [0.29, 0.717) is 5.54 Å². The Labute approximate surface area is 49.8 Å². The lowest BCUT2D eigenvalue weighted by atomic mass is 10.2. The Morgan fingerprint density at radius 2 is 2.12 bits per heavy atom. The summed E-state index contributed by atoms with van der Waals surface area (Å²) in [7, 11) is 0. The summed E-state index contributed by atoms with van der Waals surface area (Å²) in [5.74, 6) is 0. The minimum Gasteiger partial charge on any atom is -0.288 e. The predicted molar refractivity (Wildman–Crippen MR) is 34.3 cm³/mol. The van der Waals surface area contributed by atoms with E-state index in [0.717, 1.165) is 0 Å². The molecule has 0 aromatic heterocycles. The van der Waals surface area contributed by atoms with Crippen molar-refractivity contribution in [1.82, 2.24) is 0 Å². The Morgan fingerprint density at radius 1 is 1.38 bits per heavy atom. The van der Waals surface area contributed by atoms with Crippen LogP contribution in [-0.2, 0) is 0 Å². The molecule has 0 atom stereocenters. The zero-order chi connectivity index (χ0) is 5.61. The molecule has 1 heterocycles. The average Bonchev–Trinajstić information content (AvgIpc) is 2.34. The fourth-order valence-corrected chi connectivity index (χ4v) is 1.44. The molecule has 1 aliphatic heterocycles. The van der Waals surface area contributed by atoms with Crippen LogP contribution in [0, 0.1) is 0 Å². The molecule has 0 bridgehead atoms. The third kappa shape index (κ3) is 0.504. The van der Waals surface area contributed by atoms with Gasteiger partial charge in [-0.1, -0.05) is 0 Å². The molecule has 1 aliphatic carbocycles. The summed E-state index contributed by atoms with van der Waals surface area (Å²) < 4.78 is 0. The Morgan fingerprint density at radius 3 is 2.38 bits per heavy atom. The highest BCUT2D eigenvalue weighted by molar-refractivity contribution is 5.84. The van der Waals surface area contributed by atoms with Crippen LogP contribution < -0.4 is 0 Å². The average molecular weight is 109 g/mol. The van der Waals surface area contributed by atoms with Crippen LogP contribution in [0.1, 0.15) is 32.6 Å². The van der Waals surface area contributed by atoms with Gasteiger partial charge >= 0.3 is 0 Å². The zero-order valence-corrected chi connectivity index (χ0v) is 5.28. The Hall–Kier alpha value is -0.330. The van der Waals surface area contributed by atoms with Crippen molar-refractivity contribution in [2.45, 2.75) is 38.1 Å². The first kappa shape index (κ1) is 4.54. The van der Waals surface area contributed by atoms with Gasteiger partial charge in [0.15, 0.2) is 0 Å². The van der Waals surface area contributed by atoms with E-state index >= 15 is 0 Å². The van der Waals surface area contributed by atoms with Crippen molar-refractivity contribution in [3.05, 3.63) is 0 Å². The normalized spacial score (nSPS) is 30.9. The lowest BCUT2D eigenvalue weighted by molar-refractivity contribution is 0.675. The molecule has 0 N–H and O–H groups in total. The van der Waals surface area contributed by atoms with Gasteiger partial charge in [-0.05, 0) is 32.6 Å². The molecular formula is C7H11N. The van der Waals surface area contributed by atoms with Crippen LogP contribution in [0.4, 0.5) is 0 Å². The summed E-state index contributed by atoms with van der Waals surface area (Å²) in [5, 5.41) is 0. The molecule has 8 heavy (non-hydrogen) atoms. The van der Waals surface area contributed by atoms with Gasteiger partial charge in [0.05, 0.1) is 5.54 Å². The Balaban J connectivity index is 2.22. The molecule has 2 aliphatic rings. The van der Waals surface area contributed by atoms with Gasteiger partial charge in [0.2, 0.25) is 0 Å². The maximum absolute atomic E-state index is 4.55. The van der Waals surface area contributed by atoms with Gasteiger partial charge < -0.3 is 0 Å². The van der Waals surface area contributed by atoms with E-state index in [1.807, 2.05) is 0 Å². The number of hydrogen-bond acceptors (Lipinski definition) is 1. The van der Waals surface area contributed by atoms with E-state index < -0.39 is 0 Å². The molecule has 0 amide bonds. The third-order valence-corrected chi connectivity index (χ3v) is 2.21. The first-order valence-electron chi connectivity index (χ1n) is 3.36. The highest BCUT2D eigenvalue weighted by atomic mass is 15.0. The molecule has 1 nitrogen and oxygen atoms in total. The lowest BCUT2D eigenvalue weighted by Crippen LogP contribution is -1.95. The minimum absolute atomic E-state index is 0.504. The maximum Gasteiger partial charge on any atom is 0.0612 e. The quantitative estimate of drug-likeness (QED) is 0.449. The van der Waals surface area contributed by atoms with Crippen LogP contribution in [0.25, 0.3) is 0 Å². The van der Waals surface area contributed by atoms with E-state index in [4.69, 9.17) is 0 Å². The standard InChI is InChI=1S/C7H11N/c1-6-2-3-7(8-6)4-5-7/h2-5H2,1H3. The van der Waals surface area contributed by atoms with Crippen molar-refractivity contribution in [3.8, 4) is 0 Å². The molecule has 0 aromatic rings. The van der Waals surface area contributed by atoms with Crippen molar-refractivity contribution >= 4 is 5.71 Å². The van der Waals surface area contributed by atoms with Gasteiger partial charge in [-0.25, -0.2) is 0 Å². The number of rotatable bonds is 0. The van der Waals surface area contributed by atoms with E-state index in [9.17, 15) is 0 Å². The van der Waals surface area contributed by atoms with Crippen LogP contribution in [0.5, 0.6) is 0 Å². The fraction of sp³-hybridized carbons (Fsp3) is 0.857. The summed E-state index contributed by atoms with van der Waals surface area (Å²) in [4.78, 5) is 4.55. The third-order valence-electron chi connectivity index (χ3n) is 2.21. The van der Waals surface area contributed by atoms with Crippen LogP contribution in [0.15, 0.2) is 4.99 Å². The van der Waals surface area contributed by atoms with Crippen molar-refractivity contribution in [1.29, 1.82) is 0 Å². The Bertz CT molecular complexity index is 142. The lowest BCUT2D eigenvalue weighted by Gasteiger charge is -1.94. The smallest absolute Gasteiger partial charge is 0.0612 e. The van der Waals surface area contributed by atoms with Gasteiger partial charge in [-0.15, -0.1) is 0 Å². The summed E-state index contributed by atoms with van der Waals surface area (Å²) in [6, 6.07) is 0. The number of hydrogen-bond donors (Lipinski definition) is 0. The SMILES string of the molecule is CC1=NC2(CC1)CC2. The minimum atomic E-state index is 0.504. The van der Waals surface area contributed by atoms with Gasteiger partial charge in [-0.3, -0.25) is 4.99 Å². The molecular weight excluding hydrogens is 98.1 g/mol. The predicted octanol–water partition coefficient (Wildman–Crippen LogP) is 1.77. The number of nitrogens with zero attached hydrogens (tertiary/aromatic N) is 1. The van der Waals surface area contributed by atoms with E-state index in [1.165, 1.54) is 31.4 Å². The largest absolute Gasteiger partial charge is 0.288 e. The summed E-state index contributed by atoms with van der Waals surface area (Å²) in [6.45, 7) is 2.15. The maximum atomic E-state index is 4.55. The molecule has 0 unspecified atom stereocenters. The fourth-order valence-electron chi connectivity index (χ4n) is 1.44. The number of aliphatic imine (C=N–C) groups is 1. The van der Waals surface area contributed by atoms with Gasteiger partial charge in [0.1, 0.15) is 0 Å². The van der Waals surface area contributed by atoms with Gasteiger partial charge in [-0.2, -0.15) is 0 Å². The molecule has 44 valence electrons. The van der Waals surface area contributed by atoms with Crippen molar-refractivity contribution in [2.24, 2.45) is 4.99 Å². The van der Waals surface area contributed by atoms with Crippen LogP contribution >= 0.6 is 0 Å². The van der Waals surface area contributed by atoms with E-state index in [1.54, 1.807) is 0 Å². The molecule has 1 fully saturated rings. The monoisotopic (exact) mass is 109 g/mol. The van der Waals surface area contributed by atoms with E-state index in [-0.39, 0.29) is 0 Å². The van der Waals surface area contributed by atoms with E-state index in [2.05, 4.69) is 11.9 Å². The van der Waals surface area contributed by atoms with Gasteiger partial charge in [0, 0.05) is 5.71 Å². The summed E-state index contributed by atoms with van der Waals surface area (Å²) >= 11 is 0. The molecule has 1 spiro atoms. The second-order valence-electron chi connectivity index (χ2n) is 3.07. The molecule has 1 saturated carbocycles. The second-order valence-corrected chi connectivity index (χ2v) is 3.07. The van der Waals surface area contributed by atoms with Crippen molar-refractivity contribution < 1.29 is 0 Å². The second kappa shape index (κ2) is 1.15. The first-order valence-corrected chi connectivity index (χ1v) is 3.36. The first-order chi connectivity index (χ1) is 3.81. The summed E-state index contributed by atoms with van der Waals surface area (Å²) in [5.41, 5.74) is 1.88. The molecule has 0 saturated heterocycles. The van der Waals surface area contributed by atoms with Crippen LogP contribution in [0.3, 0.4) is 0 Å². The van der Waals surface area contributed by atoms with Crippen LogP contribution in [0.2, 0.25) is 0 Å². The summed E-state index contributed by atoms with van der Waals surface area (Å²) in [6.07, 6.45) is 5.34. The van der Waals surface area contributed by atoms with Crippen molar-refractivity contribution in [3.63, 3.8) is 0 Å². The topological polar surface area (TPSA) is 12.4 Å². The highest BCUT2D eigenvalue weighted by Crippen LogP contribution is 2.47. The molecule has 2 rings (SSSR count). The highest BCUT2D eigenvalue weighted by Gasteiger charge is 2.44. The Kier molecular flexibility index (Phi) is 0.651.